The molecule has 0 aliphatic heterocycles. The zero-order valence-electron chi connectivity index (χ0n) is 21.3. The predicted octanol–water partition coefficient (Wildman–Crippen LogP) is 3.69. The minimum Gasteiger partial charge on any atom is -0.493 e. The number of halogens is 1. The van der Waals surface area contributed by atoms with Crippen LogP contribution in [0.4, 0.5) is 4.39 Å². The molecule has 1 amide bonds. The number of hydrogen-bond acceptors (Lipinski definition) is 8. The fourth-order valence-electron chi connectivity index (χ4n) is 4.38. The van der Waals surface area contributed by atoms with Gasteiger partial charge in [0.15, 0.2) is 17.2 Å². The average Bonchev–Trinajstić information content (AvgIpc) is 3.66. The number of ether oxygens (including phenoxy) is 4. The van der Waals surface area contributed by atoms with Crippen molar-refractivity contribution in [3.63, 3.8) is 0 Å². The number of nitrogens with zero attached hydrogens (tertiary/aromatic N) is 1. The van der Waals surface area contributed by atoms with Crippen LogP contribution in [0.15, 0.2) is 30.5 Å². The molecule has 2 atom stereocenters. The fourth-order valence-corrected chi connectivity index (χ4v) is 4.38. The third kappa shape index (κ3) is 5.68. The number of benzene rings is 1. The Hall–Kier alpha value is -3.69. The summed E-state index contributed by atoms with van der Waals surface area (Å²) in [6.45, 7) is 4.89. The van der Waals surface area contributed by atoms with E-state index in [1.807, 2.05) is 6.92 Å². The number of aromatic nitrogens is 1. The molecule has 198 valence electrons. The van der Waals surface area contributed by atoms with E-state index in [2.05, 4.69) is 10.3 Å². The third-order valence-electron chi connectivity index (χ3n) is 6.78. The number of fused-ring (bicyclic) bond motifs is 1. The van der Waals surface area contributed by atoms with Gasteiger partial charge in [0.1, 0.15) is 17.5 Å². The Balaban J connectivity index is 1.44. The van der Waals surface area contributed by atoms with Gasteiger partial charge in [-0.3, -0.25) is 9.59 Å². The number of pyridine rings is 1. The summed E-state index contributed by atoms with van der Waals surface area (Å²) in [4.78, 5) is 42.2. The molecule has 37 heavy (non-hydrogen) atoms. The van der Waals surface area contributed by atoms with Crippen LogP contribution in [0.2, 0.25) is 0 Å². The Morgan fingerprint density at radius 3 is 2.65 bits per heavy atom. The highest BCUT2D eigenvalue weighted by molar-refractivity contribution is 6.00. The zero-order valence-corrected chi connectivity index (χ0v) is 21.3. The average molecular weight is 515 g/mol. The van der Waals surface area contributed by atoms with Gasteiger partial charge >= 0.3 is 11.9 Å². The van der Waals surface area contributed by atoms with E-state index in [1.165, 1.54) is 31.5 Å². The van der Waals surface area contributed by atoms with E-state index in [1.54, 1.807) is 19.9 Å². The fraction of sp³-hybridized carbons (Fsp3) is 0.481. The summed E-state index contributed by atoms with van der Waals surface area (Å²) < 4.78 is 35.3. The van der Waals surface area contributed by atoms with E-state index >= 15 is 0 Å². The number of aryl methyl sites for hydroxylation is 1. The number of rotatable bonds is 9. The highest BCUT2D eigenvalue weighted by Gasteiger charge is 2.54. The Kier molecular flexibility index (Phi) is 7.65. The van der Waals surface area contributed by atoms with E-state index in [0.717, 1.165) is 11.1 Å². The second kappa shape index (κ2) is 10.7. The van der Waals surface area contributed by atoms with Crippen molar-refractivity contribution in [1.29, 1.82) is 0 Å². The Bertz CT molecular complexity index is 1200. The minimum absolute atomic E-state index is 0.00651. The van der Waals surface area contributed by atoms with Crippen LogP contribution in [0, 0.1) is 11.7 Å². The number of carbonyl (C=O) groups is 3. The number of hydrogen-bond donors (Lipinski definition) is 1. The Morgan fingerprint density at radius 2 is 1.97 bits per heavy atom. The Morgan fingerprint density at radius 1 is 1.22 bits per heavy atom. The van der Waals surface area contributed by atoms with Crippen molar-refractivity contribution in [1.82, 2.24) is 10.3 Å². The molecular formula is C27H31FN2O7. The van der Waals surface area contributed by atoms with Crippen LogP contribution in [0.3, 0.4) is 0 Å². The summed E-state index contributed by atoms with van der Waals surface area (Å²) in [5.41, 5.74) is 0.609. The second-order valence-corrected chi connectivity index (χ2v) is 9.72. The molecule has 2 aromatic rings. The number of methoxy groups -OCH3 is 1. The van der Waals surface area contributed by atoms with Crippen LogP contribution in [-0.4, -0.2) is 48.4 Å². The van der Waals surface area contributed by atoms with Crippen molar-refractivity contribution in [2.45, 2.75) is 64.0 Å². The monoisotopic (exact) mass is 514 g/mol. The maximum Gasteiger partial charge on any atom is 0.332 e. The van der Waals surface area contributed by atoms with Gasteiger partial charge in [0.05, 0.1) is 13.0 Å². The molecule has 1 aromatic carbocycles. The largest absolute Gasteiger partial charge is 0.493 e. The lowest BCUT2D eigenvalue weighted by molar-refractivity contribution is -0.155. The lowest BCUT2D eigenvalue weighted by Crippen LogP contribution is -2.46. The second-order valence-electron chi connectivity index (χ2n) is 9.72. The van der Waals surface area contributed by atoms with Gasteiger partial charge in [0.2, 0.25) is 6.79 Å². The third-order valence-corrected chi connectivity index (χ3v) is 6.78. The van der Waals surface area contributed by atoms with Crippen molar-refractivity contribution < 1.29 is 37.7 Å². The van der Waals surface area contributed by atoms with Gasteiger partial charge in [-0.15, -0.1) is 0 Å². The normalized spacial score (nSPS) is 19.4. The minimum atomic E-state index is -1.16. The molecule has 0 radical (unpaired) electrons. The van der Waals surface area contributed by atoms with E-state index < -0.39 is 30.2 Å². The van der Waals surface area contributed by atoms with Gasteiger partial charge in [-0.05, 0) is 48.9 Å². The topological polar surface area (TPSA) is 113 Å². The van der Waals surface area contributed by atoms with Crippen molar-refractivity contribution in [3.05, 3.63) is 53.1 Å². The van der Waals surface area contributed by atoms with Gasteiger partial charge in [-0.2, -0.15) is 0 Å². The van der Waals surface area contributed by atoms with Gasteiger partial charge in [-0.1, -0.05) is 26.8 Å². The number of amides is 1. The molecular weight excluding hydrogens is 483 g/mol. The maximum atomic E-state index is 13.6. The van der Waals surface area contributed by atoms with Crippen LogP contribution >= 0.6 is 0 Å². The molecule has 1 N–H and O–H groups in total. The molecule has 0 saturated heterocycles. The van der Waals surface area contributed by atoms with Crippen LogP contribution in [0.1, 0.15) is 67.6 Å². The van der Waals surface area contributed by atoms with E-state index in [-0.39, 0.29) is 40.9 Å². The molecule has 1 aromatic heterocycles. The molecule has 1 fully saturated rings. The summed E-state index contributed by atoms with van der Waals surface area (Å²) in [6.07, 6.45) is 3.01. The first-order chi connectivity index (χ1) is 17.6. The summed E-state index contributed by atoms with van der Waals surface area (Å²) >= 11 is 0. The van der Waals surface area contributed by atoms with Gasteiger partial charge in [-0.25, -0.2) is 14.2 Å². The van der Waals surface area contributed by atoms with Crippen LogP contribution in [0.5, 0.6) is 11.5 Å². The predicted molar refractivity (Wildman–Crippen MR) is 130 cm³/mol. The van der Waals surface area contributed by atoms with Gasteiger partial charge in [0.25, 0.3) is 5.91 Å². The lowest BCUT2D eigenvalue weighted by Gasteiger charge is -2.32. The van der Waals surface area contributed by atoms with Crippen molar-refractivity contribution in [2.24, 2.45) is 5.92 Å². The molecule has 0 bridgehead atoms. The smallest absolute Gasteiger partial charge is 0.332 e. The number of nitrogens with one attached hydrogen (secondary N) is 1. The molecule has 1 heterocycles. The van der Waals surface area contributed by atoms with E-state index in [4.69, 9.17) is 18.9 Å². The van der Waals surface area contributed by atoms with Crippen LogP contribution in [0.25, 0.3) is 0 Å². The molecule has 2 unspecified atom stereocenters. The van der Waals surface area contributed by atoms with Crippen molar-refractivity contribution in [3.8, 4) is 11.5 Å². The first kappa shape index (κ1) is 26.4. The Labute approximate surface area is 214 Å². The van der Waals surface area contributed by atoms with Crippen molar-refractivity contribution in [2.75, 3.05) is 13.9 Å². The molecule has 2 aliphatic rings. The van der Waals surface area contributed by atoms with Gasteiger partial charge < -0.3 is 24.3 Å². The van der Waals surface area contributed by atoms with E-state index in [0.29, 0.717) is 25.7 Å². The van der Waals surface area contributed by atoms with Crippen molar-refractivity contribution >= 4 is 17.8 Å². The summed E-state index contributed by atoms with van der Waals surface area (Å²) in [7, 11) is 1.40. The van der Waals surface area contributed by atoms with Gasteiger partial charge in [0, 0.05) is 18.2 Å². The highest BCUT2D eigenvalue weighted by Crippen LogP contribution is 2.41. The zero-order chi connectivity index (χ0) is 26.7. The quantitative estimate of drug-likeness (QED) is 0.398. The number of esters is 2. The molecule has 2 aliphatic carbocycles. The standard InChI is InChI=1S/C27H31FN2O7/c1-15(2)25(32)36-14-35-23-21(34-4)9-12-29-22(23)24(31)30-27(10-11-27)26(33)37-20-8-5-17-13-18(28)6-7-19(17)16(20)3/h6-7,9,12-13,15-16,20H,5,8,10-11,14H2,1-4H3,(H,30,31). The highest BCUT2D eigenvalue weighted by atomic mass is 19.1. The molecule has 4 rings (SSSR count). The van der Waals surface area contributed by atoms with Crippen LogP contribution in [-0.2, 0) is 25.5 Å². The van der Waals surface area contributed by atoms with E-state index in [9.17, 15) is 18.8 Å². The SMILES string of the molecule is COc1ccnc(C(=O)NC2(C(=O)OC3CCc4cc(F)ccc4C3C)CC2)c1OCOC(=O)C(C)C. The molecule has 9 nitrogen and oxygen atoms in total. The van der Waals surface area contributed by atoms with Crippen LogP contribution < -0.4 is 14.8 Å². The molecule has 1 saturated carbocycles. The first-order valence-corrected chi connectivity index (χ1v) is 12.3. The molecule has 10 heteroatoms. The lowest BCUT2D eigenvalue weighted by atomic mass is 9.81. The maximum absolute atomic E-state index is 13.6. The summed E-state index contributed by atoms with van der Waals surface area (Å²) in [6, 6.07) is 6.17. The number of carbonyl (C=O) groups excluding carboxylic acids is 3. The summed E-state index contributed by atoms with van der Waals surface area (Å²) in [5.74, 6) is -2.13. The molecule has 0 spiro atoms. The first-order valence-electron chi connectivity index (χ1n) is 12.3. The summed E-state index contributed by atoms with van der Waals surface area (Å²) in [5, 5.41) is 2.75.